The van der Waals surface area contributed by atoms with Crippen molar-refractivity contribution in [1.82, 2.24) is 4.98 Å². The number of oxazole rings is 1. The number of nitrogens with zero attached hydrogens (tertiary/aromatic N) is 1. The number of rotatable bonds is 7. The van der Waals surface area contributed by atoms with Crippen molar-refractivity contribution in [2.24, 2.45) is 0 Å². The SMILES string of the molecule is CCCCNc1oc(-c2ccc(Br)cc2)nc1S(=O)(=O)c1ccccc1. The zero-order valence-electron chi connectivity index (χ0n) is 14.3. The summed E-state index contributed by atoms with van der Waals surface area (Å²) in [6, 6.07) is 15.6. The minimum Gasteiger partial charge on any atom is -0.419 e. The second-order valence-corrected chi connectivity index (χ2v) is 8.54. The van der Waals surface area contributed by atoms with E-state index in [0.29, 0.717) is 12.1 Å². The lowest BCUT2D eigenvalue weighted by atomic mass is 10.2. The molecule has 0 fully saturated rings. The third-order valence-corrected chi connectivity index (χ3v) is 6.02. The summed E-state index contributed by atoms with van der Waals surface area (Å²) in [6.45, 7) is 2.68. The van der Waals surface area contributed by atoms with Gasteiger partial charge in [0, 0.05) is 16.6 Å². The normalized spacial score (nSPS) is 11.5. The molecule has 0 bridgehead atoms. The molecule has 0 aliphatic carbocycles. The minimum absolute atomic E-state index is 0.0854. The molecule has 1 N–H and O–H groups in total. The zero-order valence-corrected chi connectivity index (χ0v) is 16.7. The van der Waals surface area contributed by atoms with E-state index in [0.717, 1.165) is 17.3 Å². The van der Waals surface area contributed by atoms with Crippen LogP contribution < -0.4 is 5.32 Å². The van der Waals surface area contributed by atoms with E-state index in [9.17, 15) is 8.42 Å². The number of sulfone groups is 1. The number of unbranched alkanes of at least 4 members (excludes halogenated alkanes) is 1. The standard InChI is InChI=1S/C19H19BrN2O3S/c1-2-3-13-21-18-19(26(23,24)16-7-5-4-6-8-16)22-17(25-18)14-9-11-15(20)12-10-14/h4-12,21H,2-3,13H2,1H3. The second kappa shape index (κ2) is 8.05. The zero-order chi connectivity index (χ0) is 18.6. The summed E-state index contributed by atoms with van der Waals surface area (Å²) in [5, 5.41) is 2.99. The first-order valence-corrected chi connectivity index (χ1v) is 10.6. The number of hydrogen-bond donors (Lipinski definition) is 1. The minimum atomic E-state index is -3.78. The number of anilines is 1. The van der Waals surface area contributed by atoms with Crippen molar-refractivity contribution in [2.75, 3.05) is 11.9 Å². The van der Waals surface area contributed by atoms with Gasteiger partial charge in [0.2, 0.25) is 26.6 Å². The van der Waals surface area contributed by atoms with Gasteiger partial charge in [-0.2, -0.15) is 4.98 Å². The van der Waals surface area contributed by atoms with Crippen molar-refractivity contribution in [3.05, 3.63) is 59.1 Å². The van der Waals surface area contributed by atoms with Gasteiger partial charge in [-0.15, -0.1) is 0 Å². The molecule has 0 saturated carbocycles. The van der Waals surface area contributed by atoms with Gasteiger partial charge in [0.25, 0.3) is 0 Å². The van der Waals surface area contributed by atoms with E-state index >= 15 is 0 Å². The number of aromatic nitrogens is 1. The first-order valence-electron chi connectivity index (χ1n) is 8.33. The van der Waals surface area contributed by atoms with E-state index in [1.54, 1.807) is 30.3 Å². The van der Waals surface area contributed by atoms with Crippen LogP contribution in [0.3, 0.4) is 0 Å². The van der Waals surface area contributed by atoms with E-state index in [1.807, 2.05) is 24.3 Å². The van der Waals surface area contributed by atoms with Gasteiger partial charge in [-0.1, -0.05) is 47.5 Å². The fourth-order valence-electron chi connectivity index (χ4n) is 2.41. The quantitative estimate of drug-likeness (QED) is 0.520. The molecule has 26 heavy (non-hydrogen) atoms. The van der Waals surface area contributed by atoms with Gasteiger partial charge in [-0.3, -0.25) is 0 Å². The van der Waals surface area contributed by atoms with Crippen LogP contribution in [-0.4, -0.2) is 19.9 Å². The molecule has 0 radical (unpaired) electrons. The highest BCUT2D eigenvalue weighted by Gasteiger charge is 2.28. The number of halogens is 1. The fraction of sp³-hybridized carbons (Fsp3) is 0.211. The fourth-order valence-corrected chi connectivity index (χ4v) is 3.97. The Kier molecular flexibility index (Phi) is 5.78. The molecule has 136 valence electrons. The first kappa shape index (κ1) is 18.7. The maximum absolute atomic E-state index is 13.0. The molecule has 0 atom stereocenters. The van der Waals surface area contributed by atoms with E-state index in [1.165, 1.54) is 0 Å². The molecule has 0 amide bonds. The summed E-state index contributed by atoms with van der Waals surface area (Å²) in [5.41, 5.74) is 0.709. The molecule has 7 heteroatoms. The van der Waals surface area contributed by atoms with Crippen molar-refractivity contribution in [2.45, 2.75) is 29.7 Å². The molecule has 1 aromatic heterocycles. The Labute approximate surface area is 161 Å². The third-order valence-electron chi connectivity index (χ3n) is 3.81. The second-order valence-electron chi connectivity index (χ2n) is 5.76. The summed E-state index contributed by atoms with van der Waals surface area (Å²) in [5.74, 6) is 0.450. The molecule has 3 rings (SSSR count). The highest BCUT2D eigenvalue weighted by Crippen LogP contribution is 2.32. The van der Waals surface area contributed by atoms with Gasteiger partial charge in [-0.25, -0.2) is 8.42 Å². The number of hydrogen-bond acceptors (Lipinski definition) is 5. The Morgan fingerprint density at radius 2 is 1.77 bits per heavy atom. The average Bonchev–Trinajstić information content (AvgIpc) is 3.08. The topological polar surface area (TPSA) is 72.2 Å². The van der Waals surface area contributed by atoms with Crippen LogP contribution in [0.25, 0.3) is 11.5 Å². The molecular weight excluding hydrogens is 416 g/mol. The Hall–Kier alpha value is -2.12. The van der Waals surface area contributed by atoms with Crippen LogP contribution in [0, 0.1) is 0 Å². The summed E-state index contributed by atoms with van der Waals surface area (Å²) >= 11 is 3.38. The molecular formula is C19H19BrN2O3S. The van der Waals surface area contributed by atoms with Crippen LogP contribution in [0.5, 0.6) is 0 Å². The monoisotopic (exact) mass is 434 g/mol. The van der Waals surface area contributed by atoms with E-state index in [4.69, 9.17) is 4.42 Å². The highest BCUT2D eigenvalue weighted by molar-refractivity contribution is 9.10. The Bertz CT molecular complexity index is 968. The van der Waals surface area contributed by atoms with E-state index < -0.39 is 9.84 Å². The third kappa shape index (κ3) is 3.99. The molecule has 0 unspecified atom stereocenters. The van der Waals surface area contributed by atoms with Crippen LogP contribution in [0.15, 0.2) is 73.4 Å². The predicted molar refractivity (Wildman–Crippen MR) is 105 cm³/mol. The maximum Gasteiger partial charge on any atom is 0.233 e. The van der Waals surface area contributed by atoms with Gasteiger partial charge < -0.3 is 9.73 Å². The van der Waals surface area contributed by atoms with Gasteiger partial charge >= 0.3 is 0 Å². The average molecular weight is 435 g/mol. The first-order chi connectivity index (χ1) is 12.5. The summed E-state index contributed by atoms with van der Waals surface area (Å²) in [4.78, 5) is 4.49. The number of benzene rings is 2. The summed E-state index contributed by atoms with van der Waals surface area (Å²) in [7, 11) is -3.78. The molecule has 5 nitrogen and oxygen atoms in total. The van der Waals surface area contributed by atoms with Gasteiger partial charge in [-0.05, 0) is 42.8 Å². The molecule has 0 aliphatic rings. The molecule has 0 saturated heterocycles. The van der Waals surface area contributed by atoms with Crippen molar-refractivity contribution in [3.8, 4) is 11.5 Å². The van der Waals surface area contributed by atoms with Gasteiger partial charge in [0.1, 0.15) is 0 Å². The molecule has 0 spiro atoms. The molecule has 1 heterocycles. The smallest absolute Gasteiger partial charge is 0.233 e. The Morgan fingerprint density at radius 1 is 1.08 bits per heavy atom. The largest absolute Gasteiger partial charge is 0.419 e. The summed E-state index contributed by atoms with van der Waals surface area (Å²) < 4.78 is 32.7. The summed E-state index contributed by atoms with van der Waals surface area (Å²) in [6.07, 6.45) is 1.89. The van der Waals surface area contributed by atoms with Crippen molar-refractivity contribution >= 4 is 31.7 Å². The maximum atomic E-state index is 13.0. The van der Waals surface area contributed by atoms with Gasteiger partial charge in [0.05, 0.1) is 4.90 Å². The number of nitrogens with one attached hydrogen (secondary N) is 1. The predicted octanol–water partition coefficient (Wildman–Crippen LogP) is 5.15. The highest BCUT2D eigenvalue weighted by atomic mass is 79.9. The van der Waals surface area contributed by atoms with E-state index in [2.05, 4.69) is 33.2 Å². The van der Waals surface area contributed by atoms with Gasteiger partial charge in [0.15, 0.2) is 0 Å². The van der Waals surface area contributed by atoms with Crippen LogP contribution in [-0.2, 0) is 9.84 Å². The van der Waals surface area contributed by atoms with Crippen LogP contribution in [0.1, 0.15) is 19.8 Å². The van der Waals surface area contributed by atoms with Crippen LogP contribution >= 0.6 is 15.9 Å². The van der Waals surface area contributed by atoms with Crippen molar-refractivity contribution in [3.63, 3.8) is 0 Å². The van der Waals surface area contributed by atoms with Crippen molar-refractivity contribution < 1.29 is 12.8 Å². The molecule has 3 aromatic rings. The van der Waals surface area contributed by atoms with Crippen LogP contribution in [0.2, 0.25) is 0 Å². The molecule has 2 aromatic carbocycles. The van der Waals surface area contributed by atoms with Crippen LogP contribution in [0.4, 0.5) is 5.88 Å². The molecule has 0 aliphatic heterocycles. The Morgan fingerprint density at radius 3 is 2.42 bits per heavy atom. The van der Waals surface area contributed by atoms with E-state index in [-0.39, 0.29) is 21.7 Å². The Balaban J connectivity index is 2.06. The van der Waals surface area contributed by atoms with Crippen molar-refractivity contribution in [1.29, 1.82) is 0 Å². The lowest BCUT2D eigenvalue weighted by molar-refractivity contribution is 0.575. The lowest BCUT2D eigenvalue weighted by Gasteiger charge is -2.05. The lowest BCUT2D eigenvalue weighted by Crippen LogP contribution is -2.08.